The van der Waals surface area contributed by atoms with E-state index >= 15 is 0 Å². The molecule has 134 valence electrons. The average molecular weight is 352 g/mol. The normalized spacial score (nSPS) is 16.2. The molecule has 26 heavy (non-hydrogen) atoms. The van der Waals surface area contributed by atoms with Gasteiger partial charge in [-0.3, -0.25) is 14.6 Å². The fourth-order valence-corrected chi connectivity index (χ4v) is 2.84. The van der Waals surface area contributed by atoms with Gasteiger partial charge < -0.3 is 21.3 Å². The molecule has 1 atom stereocenters. The number of carbonyl (C=O) groups excluding carboxylic acids is 2. The van der Waals surface area contributed by atoms with Crippen molar-refractivity contribution in [2.45, 2.75) is 12.5 Å². The highest BCUT2D eigenvalue weighted by Gasteiger charge is 2.25. The van der Waals surface area contributed by atoms with Crippen LogP contribution in [0.3, 0.4) is 0 Å². The van der Waals surface area contributed by atoms with Crippen LogP contribution < -0.4 is 21.3 Å². The second kappa shape index (κ2) is 7.64. The van der Waals surface area contributed by atoms with Gasteiger partial charge in [0.25, 0.3) is 5.91 Å². The van der Waals surface area contributed by atoms with E-state index in [4.69, 9.17) is 5.73 Å². The van der Waals surface area contributed by atoms with Crippen molar-refractivity contribution in [1.82, 2.24) is 15.3 Å². The SMILES string of the molecule is C=CC(=O)NC1CCN(c2ccc(C(N)=O)c(Nc3cccnc3)n2)C1. The lowest BCUT2D eigenvalue weighted by Crippen LogP contribution is -2.36. The number of aromatic nitrogens is 2. The standard InChI is InChI=1S/C18H20N6O2/c1-2-16(25)21-13-7-9-24(11-13)15-6-5-14(17(19)26)18(23-15)22-12-4-3-8-20-10-12/h2-6,8,10,13H,1,7,9,11H2,(H2,19,26)(H,21,25)(H,22,23). The molecule has 2 aromatic rings. The molecular weight excluding hydrogens is 332 g/mol. The van der Waals surface area contributed by atoms with Crippen molar-refractivity contribution in [1.29, 1.82) is 0 Å². The quantitative estimate of drug-likeness (QED) is 0.673. The minimum Gasteiger partial charge on any atom is -0.365 e. The zero-order chi connectivity index (χ0) is 18.5. The first-order chi connectivity index (χ1) is 12.6. The summed E-state index contributed by atoms with van der Waals surface area (Å²) in [5.74, 6) is 0.333. The minimum absolute atomic E-state index is 0.0350. The van der Waals surface area contributed by atoms with E-state index in [2.05, 4.69) is 27.2 Å². The van der Waals surface area contributed by atoms with Gasteiger partial charge >= 0.3 is 0 Å². The second-order valence-corrected chi connectivity index (χ2v) is 5.94. The first-order valence-electron chi connectivity index (χ1n) is 8.22. The second-order valence-electron chi connectivity index (χ2n) is 5.94. The molecule has 4 N–H and O–H groups in total. The minimum atomic E-state index is -0.562. The number of pyridine rings is 2. The van der Waals surface area contributed by atoms with Gasteiger partial charge in [0.1, 0.15) is 11.6 Å². The Morgan fingerprint density at radius 3 is 2.88 bits per heavy atom. The van der Waals surface area contributed by atoms with Crippen LogP contribution in [0.2, 0.25) is 0 Å². The van der Waals surface area contributed by atoms with Crippen LogP contribution in [0.5, 0.6) is 0 Å². The molecule has 1 unspecified atom stereocenters. The van der Waals surface area contributed by atoms with E-state index in [0.29, 0.717) is 29.4 Å². The fourth-order valence-electron chi connectivity index (χ4n) is 2.84. The Bertz CT molecular complexity index is 824. The predicted molar refractivity (Wildman–Crippen MR) is 99.2 cm³/mol. The molecule has 0 bridgehead atoms. The molecule has 0 aliphatic carbocycles. The van der Waals surface area contributed by atoms with Gasteiger partial charge in [0.15, 0.2) is 0 Å². The lowest BCUT2D eigenvalue weighted by atomic mass is 10.2. The topological polar surface area (TPSA) is 113 Å². The van der Waals surface area contributed by atoms with Gasteiger partial charge in [0.05, 0.1) is 17.4 Å². The highest BCUT2D eigenvalue weighted by molar-refractivity contribution is 5.98. The summed E-state index contributed by atoms with van der Waals surface area (Å²) in [5, 5.41) is 5.97. The van der Waals surface area contributed by atoms with Crippen LogP contribution in [-0.4, -0.2) is 40.9 Å². The Labute approximate surface area is 151 Å². The van der Waals surface area contributed by atoms with Crippen molar-refractivity contribution >= 4 is 29.1 Å². The molecule has 1 aliphatic rings. The molecule has 3 heterocycles. The van der Waals surface area contributed by atoms with Crippen LogP contribution in [0.15, 0.2) is 49.3 Å². The van der Waals surface area contributed by atoms with E-state index in [1.165, 1.54) is 6.08 Å². The van der Waals surface area contributed by atoms with Crippen LogP contribution in [0, 0.1) is 0 Å². The maximum Gasteiger partial charge on any atom is 0.252 e. The molecule has 0 radical (unpaired) electrons. The third-order valence-electron chi connectivity index (χ3n) is 4.11. The summed E-state index contributed by atoms with van der Waals surface area (Å²) >= 11 is 0. The average Bonchev–Trinajstić information content (AvgIpc) is 3.10. The number of carbonyl (C=O) groups is 2. The lowest BCUT2D eigenvalue weighted by Gasteiger charge is -2.19. The third kappa shape index (κ3) is 3.97. The Morgan fingerprint density at radius 2 is 2.19 bits per heavy atom. The summed E-state index contributed by atoms with van der Waals surface area (Å²) < 4.78 is 0. The van der Waals surface area contributed by atoms with Gasteiger partial charge in [0, 0.05) is 25.3 Å². The maximum atomic E-state index is 11.7. The monoisotopic (exact) mass is 352 g/mol. The van der Waals surface area contributed by atoms with Crippen molar-refractivity contribution in [3.05, 3.63) is 54.9 Å². The van der Waals surface area contributed by atoms with Crippen molar-refractivity contribution in [2.24, 2.45) is 5.73 Å². The Hall–Kier alpha value is -3.42. The molecular formula is C18H20N6O2. The molecule has 8 nitrogen and oxygen atoms in total. The Balaban J connectivity index is 1.81. The molecule has 1 saturated heterocycles. The number of anilines is 3. The van der Waals surface area contributed by atoms with Crippen LogP contribution >= 0.6 is 0 Å². The van der Waals surface area contributed by atoms with E-state index < -0.39 is 5.91 Å². The van der Waals surface area contributed by atoms with E-state index in [9.17, 15) is 9.59 Å². The largest absolute Gasteiger partial charge is 0.365 e. The zero-order valence-electron chi connectivity index (χ0n) is 14.2. The molecule has 1 aliphatic heterocycles. The molecule has 0 aromatic carbocycles. The number of amides is 2. The van der Waals surface area contributed by atoms with Crippen LogP contribution in [0.1, 0.15) is 16.8 Å². The number of nitrogens with two attached hydrogens (primary N) is 1. The summed E-state index contributed by atoms with van der Waals surface area (Å²) in [6, 6.07) is 7.05. The number of nitrogens with zero attached hydrogens (tertiary/aromatic N) is 3. The summed E-state index contributed by atoms with van der Waals surface area (Å²) in [7, 11) is 0. The van der Waals surface area contributed by atoms with Gasteiger partial charge in [-0.15, -0.1) is 0 Å². The van der Waals surface area contributed by atoms with E-state index in [0.717, 1.165) is 13.0 Å². The lowest BCUT2D eigenvalue weighted by molar-refractivity contribution is -0.117. The number of primary amides is 1. The van der Waals surface area contributed by atoms with Gasteiger partial charge in [-0.1, -0.05) is 6.58 Å². The van der Waals surface area contributed by atoms with Crippen LogP contribution in [-0.2, 0) is 4.79 Å². The van der Waals surface area contributed by atoms with Gasteiger partial charge in [-0.05, 0) is 36.8 Å². The predicted octanol–water partition coefficient (Wildman–Crippen LogP) is 1.20. The molecule has 3 rings (SSSR count). The number of nitrogens with one attached hydrogen (secondary N) is 2. The molecule has 2 aromatic heterocycles. The molecule has 2 amide bonds. The first-order valence-corrected chi connectivity index (χ1v) is 8.22. The van der Waals surface area contributed by atoms with Crippen molar-refractivity contribution in [3.8, 4) is 0 Å². The molecule has 0 spiro atoms. The van der Waals surface area contributed by atoms with Gasteiger partial charge in [-0.25, -0.2) is 4.98 Å². The smallest absolute Gasteiger partial charge is 0.252 e. The summed E-state index contributed by atoms with van der Waals surface area (Å²) in [6.07, 6.45) is 5.37. The first kappa shape index (κ1) is 17.4. The summed E-state index contributed by atoms with van der Waals surface area (Å²) in [4.78, 5) is 33.8. The zero-order valence-corrected chi connectivity index (χ0v) is 14.2. The van der Waals surface area contributed by atoms with Gasteiger partial charge in [0.2, 0.25) is 5.91 Å². The van der Waals surface area contributed by atoms with Crippen LogP contribution in [0.25, 0.3) is 0 Å². The van der Waals surface area contributed by atoms with E-state index in [-0.39, 0.29) is 11.9 Å². The van der Waals surface area contributed by atoms with Crippen molar-refractivity contribution < 1.29 is 9.59 Å². The van der Waals surface area contributed by atoms with Gasteiger partial charge in [-0.2, -0.15) is 0 Å². The van der Waals surface area contributed by atoms with Crippen LogP contribution in [0.4, 0.5) is 17.3 Å². The Kier molecular flexibility index (Phi) is 5.12. The molecule has 0 saturated carbocycles. The fraction of sp³-hybridized carbons (Fsp3) is 0.222. The Morgan fingerprint density at radius 1 is 1.35 bits per heavy atom. The molecule has 1 fully saturated rings. The number of hydrogen-bond acceptors (Lipinski definition) is 6. The van der Waals surface area contributed by atoms with E-state index in [1.807, 2.05) is 11.0 Å². The highest BCUT2D eigenvalue weighted by atomic mass is 16.1. The maximum absolute atomic E-state index is 11.7. The summed E-state index contributed by atoms with van der Waals surface area (Å²) in [6.45, 7) is 4.84. The highest BCUT2D eigenvalue weighted by Crippen LogP contribution is 2.24. The van der Waals surface area contributed by atoms with Crippen molar-refractivity contribution in [3.63, 3.8) is 0 Å². The third-order valence-corrected chi connectivity index (χ3v) is 4.11. The van der Waals surface area contributed by atoms with E-state index in [1.54, 1.807) is 30.6 Å². The summed E-state index contributed by atoms with van der Waals surface area (Å²) in [5.41, 5.74) is 6.46. The number of rotatable bonds is 6. The molecule has 8 heteroatoms. The number of hydrogen-bond donors (Lipinski definition) is 3. The van der Waals surface area contributed by atoms with Crippen molar-refractivity contribution in [2.75, 3.05) is 23.3 Å².